The SMILES string of the molecule is Fc1ccc(CC(Br)c2cc(Cl)cc3c2OCC3)c(F)c1. The van der Waals surface area contributed by atoms with Gasteiger partial charge in [0.1, 0.15) is 17.4 Å². The standard InChI is InChI=1S/C16H12BrClF2O/c17-14(6-9-1-2-12(19)8-15(9)20)13-7-11(18)5-10-3-4-21-16(10)13/h1-2,5,7-8,14H,3-4,6H2. The molecule has 0 radical (unpaired) electrons. The minimum Gasteiger partial charge on any atom is -0.493 e. The highest BCUT2D eigenvalue weighted by molar-refractivity contribution is 9.09. The zero-order valence-corrected chi connectivity index (χ0v) is 13.3. The summed E-state index contributed by atoms with van der Waals surface area (Å²) in [5.41, 5.74) is 2.42. The van der Waals surface area contributed by atoms with Crippen LogP contribution in [0.4, 0.5) is 8.78 Å². The van der Waals surface area contributed by atoms with Crippen LogP contribution >= 0.6 is 27.5 Å². The lowest BCUT2D eigenvalue weighted by Gasteiger charge is -2.15. The first-order valence-corrected chi connectivity index (χ1v) is 7.87. The van der Waals surface area contributed by atoms with Gasteiger partial charge in [-0.1, -0.05) is 33.6 Å². The van der Waals surface area contributed by atoms with E-state index < -0.39 is 11.6 Å². The minimum atomic E-state index is -0.575. The van der Waals surface area contributed by atoms with Gasteiger partial charge in [-0.15, -0.1) is 0 Å². The van der Waals surface area contributed by atoms with Gasteiger partial charge in [0.15, 0.2) is 0 Å². The molecular formula is C16H12BrClF2O. The van der Waals surface area contributed by atoms with Crippen LogP contribution in [0, 0.1) is 11.6 Å². The third-order valence-electron chi connectivity index (χ3n) is 3.53. The van der Waals surface area contributed by atoms with Crippen molar-refractivity contribution >= 4 is 27.5 Å². The number of halogens is 4. The van der Waals surface area contributed by atoms with Crippen molar-refractivity contribution in [1.29, 1.82) is 0 Å². The lowest BCUT2D eigenvalue weighted by molar-refractivity contribution is 0.353. The fourth-order valence-electron chi connectivity index (χ4n) is 2.52. The number of rotatable bonds is 3. The van der Waals surface area contributed by atoms with Crippen LogP contribution in [0.3, 0.4) is 0 Å². The van der Waals surface area contributed by atoms with Crippen LogP contribution in [0.25, 0.3) is 0 Å². The first kappa shape index (κ1) is 14.8. The van der Waals surface area contributed by atoms with E-state index in [1.807, 2.05) is 12.1 Å². The van der Waals surface area contributed by atoms with Crippen molar-refractivity contribution < 1.29 is 13.5 Å². The Kier molecular flexibility index (Phi) is 4.18. The molecule has 1 heterocycles. The number of hydrogen-bond donors (Lipinski definition) is 0. The second-order valence-corrected chi connectivity index (χ2v) is 6.53. The third kappa shape index (κ3) is 3.06. The monoisotopic (exact) mass is 372 g/mol. The molecule has 0 N–H and O–H groups in total. The van der Waals surface area contributed by atoms with E-state index in [1.165, 1.54) is 12.1 Å². The molecule has 0 saturated heterocycles. The molecule has 0 fully saturated rings. The smallest absolute Gasteiger partial charge is 0.129 e. The van der Waals surface area contributed by atoms with Gasteiger partial charge in [0.2, 0.25) is 0 Å². The predicted octanol–water partition coefficient (Wildman–Crippen LogP) is 5.23. The molecule has 110 valence electrons. The van der Waals surface area contributed by atoms with Gasteiger partial charge in [-0.05, 0) is 35.7 Å². The van der Waals surface area contributed by atoms with E-state index in [4.69, 9.17) is 16.3 Å². The van der Waals surface area contributed by atoms with E-state index in [0.29, 0.717) is 23.6 Å². The summed E-state index contributed by atoms with van der Waals surface area (Å²) in [4.78, 5) is -0.150. The number of benzene rings is 2. The Balaban J connectivity index is 1.91. The van der Waals surface area contributed by atoms with E-state index >= 15 is 0 Å². The first-order chi connectivity index (χ1) is 10.0. The van der Waals surface area contributed by atoms with Gasteiger partial charge in [-0.25, -0.2) is 8.78 Å². The van der Waals surface area contributed by atoms with Crippen molar-refractivity contribution in [3.8, 4) is 5.75 Å². The molecule has 0 amide bonds. The normalized spacial score (nSPS) is 14.7. The Labute approximate surface area is 135 Å². The highest BCUT2D eigenvalue weighted by Gasteiger charge is 2.23. The Morgan fingerprint density at radius 3 is 2.81 bits per heavy atom. The van der Waals surface area contributed by atoms with Crippen LogP contribution in [0.5, 0.6) is 5.75 Å². The minimum absolute atomic E-state index is 0.150. The maximum atomic E-state index is 13.8. The van der Waals surface area contributed by atoms with Gasteiger partial charge in [0, 0.05) is 27.9 Å². The fourth-order valence-corrected chi connectivity index (χ4v) is 3.46. The summed E-state index contributed by atoms with van der Waals surface area (Å²) in [5, 5.41) is 0.637. The summed E-state index contributed by atoms with van der Waals surface area (Å²) in [5.74, 6) is -0.294. The molecule has 0 spiro atoms. The van der Waals surface area contributed by atoms with Crippen molar-refractivity contribution in [2.24, 2.45) is 0 Å². The maximum absolute atomic E-state index is 13.8. The summed E-state index contributed by atoms with van der Waals surface area (Å²) >= 11 is 9.69. The largest absolute Gasteiger partial charge is 0.493 e. The lowest BCUT2D eigenvalue weighted by Crippen LogP contribution is -2.01. The molecule has 0 bridgehead atoms. The molecule has 1 aliphatic heterocycles. The van der Waals surface area contributed by atoms with Gasteiger partial charge in [0.25, 0.3) is 0 Å². The van der Waals surface area contributed by atoms with Crippen molar-refractivity contribution in [2.75, 3.05) is 6.61 Å². The van der Waals surface area contributed by atoms with Gasteiger partial charge >= 0.3 is 0 Å². The Morgan fingerprint density at radius 1 is 1.24 bits per heavy atom. The summed E-state index contributed by atoms with van der Waals surface area (Å²) in [6.07, 6.45) is 1.22. The van der Waals surface area contributed by atoms with Crippen LogP contribution in [0.1, 0.15) is 21.5 Å². The number of hydrogen-bond acceptors (Lipinski definition) is 1. The Hall–Kier alpha value is -1.13. The van der Waals surface area contributed by atoms with Crippen LogP contribution in [0.2, 0.25) is 5.02 Å². The quantitative estimate of drug-likeness (QED) is 0.669. The second kappa shape index (κ2) is 5.93. The lowest BCUT2D eigenvalue weighted by atomic mass is 10.0. The molecule has 0 aromatic heterocycles. The van der Waals surface area contributed by atoms with Crippen molar-refractivity contribution in [1.82, 2.24) is 0 Å². The van der Waals surface area contributed by atoms with Gasteiger partial charge in [-0.3, -0.25) is 0 Å². The van der Waals surface area contributed by atoms with Gasteiger partial charge < -0.3 is 4.74 Å². The van der Waals surface area contributed by atoms with Crippen LogP contribution < -0.4 is 4.74 Å². The zero-order chi connectivity index (χ0) is 15.0. The van der Waals surface area contributed by atoms with E-state index in [9.17, 15) is 8.78 Å². The van der Waals surface area contributed by atoms with E-state index in [2.05, 4.69) is 15.9 Å². The number of alkyl halides is 1. The molecule has 1 aliphatic rings. The number of fused-ring (bicyclic) bond motifs is 1. The highest BCUT2D eigenvalue weighted by Crippen LogP contribution is 2.41. The Morgan fingerprint density at radius 2 is 2.05 bits per heavy atom. The average Bonchev–Trinajstić information content (AvgIpc) is 2.88. The molecule has 21 heavy (non-hydrogen) atoms. The maximum Gasteiger partial charge on any atom is 0.129 e. The molecule has 0 aliphatic carbocycles. The van der Waals surface area contributed by atoms with Crippen molar-refractivity contribution in [3.05, 3.63) is 63.7 Å². The summed E-state index contributed by atoms with van der Waals surface area (Å²) in [6.45, 7) is 0.632. The second-order valence-electron chi connectivity index (χ2n) is 4.99. The van der Waals surface area contributed by atoms with Crippen LogP contribution in [-0.4, -0.2) is 6.61 Å². The third-order valence-corrected chi connectivity index (χ3v) is 4.56. The molecule has 2 aromatic carbocycles. The molecular weight excluding hydrogens is 362 g/mol. The summed E-state index contributed by atoms with van der Waals surface area (Å²) < 4.78 is 32.4. The average molecular weight is 374 g/mol. The topological polar surface area (TPSA) is 9.23 Å². The van der Waals surface area contributed by atoms with Crippen LogP contribution in [-0.2, 0) is 12.8 Å². The van der Waals surface area contributed by atoms with Gasteiger partial charge in [-0.2, -0.15) is 0 Å². The molecule has 2 aromatic rings. The number of ether oxygens (including phenoxy) is 1. The van der Waals surface area contributed by atoms with Crippen molar-refractivity contribution in [3.63, 3.8) is 0 Å². The molecule has 1 atom stereocenters. The van der Waals surface area contributed by atoms with Crippen LogP contribution in [0.15, 0.2) is 30.3 Å². The summed E-state index contributed by atoms with van der Waals surface area (Å²) in [6, 6.07) is 7.34. The molecule has 1 unspecified atom stereocenters. The van der Waals surface area contributed by atoms with E-state index in [1.54, 1.807) is 0 Å². The molecule has 5 heteroatoms. The predicted molar refractivity (Wildman–Crippen MR) is 82.4 cm³/mol. The van der Waals surface area contributed by atoms with E-state index in [-0.39, 0.29) is 4.83 Å². The molecule has 3 rings (SSSR count). The van der Waals surface area contributed by atoms with Gasteiger partial charge in [0.05, 0.1) is 6.61 Å². The first-order valence-electron chi connectivity index (χ1n) is 6.57. The summed E-state index contributed by atoms with van der Waals surface area (Å²) in [7, 11) is 0. The molecule has 1 nitrogen and oxygen atoms in total. The fraction of sp³-hybridized carbons (Fsp3) is 0.250. The highest BCUT2D eigenvalue weighted by atomic mass is 79.9. The van der Waals surface area contributed by atoms with E-state index in [0.717, 1.165) is 29.4 Å². The van der Waals surface area contributed by atoms with Crippen molar-refractivity contribution in [2.45, 2.75) is 17.7 Å². The Bertz CT molecular complexity index is 690. The zero-order valence-electron chi connectivity index (χ0n) is 11.0. The molecule has 0 saturated carbocycles.